The largest absolute Gasteiger partial charge is 0.453 e. The van der Waals surface area contributed by atoms with E-state index in [0.717, 1.165) is 12.8 Å². The van der Waals surface area contributed by atoms with E-state index < -0.39 is 10.0 Å². The van der Waals surface area contributed by atoms with E-state index in [1.807, 2.05) is 6.07 Å². The summed E-state index contributed by atoms with van der Waals surface area (Å²) in [6.07, 6.45) is 3.51. The van der Waals surface area contributed by atoms with Gasteiger partial charge in [-0.05, 0) is 49.2 Å². The number of carbonyl (C=O) groups excluding carboxylic acids is 1. The van der Waals surface area contributed by atoms with Crippen LogP contribution in [-0.4, -0.2) is 52.9 Å². The number of sulfonamides is 1. The quantitative estimate of drug-likeness (QED) is 0.671. The number of ether oxygens (including phenoxy) is 1. The van der Waals surface area contributed by atoms with Gasteiger partial charge in [0.1, 0.15) is 0 Å². The maximum absolute atomic E-state index is 12.5. The number of amides is 1. The highest BCUT2D eigenvalue weighted by molar-refractivity contribution is 7.89. The van der Waals surface area contributed by atoms with E-state index in [2.05, 4.69) is 15.5 Å². The molecule has 0 saturated carbocycles. The van der Waals surface area contributed by atoms with E-state index in [4.69, 9.17) is 4.74 Å². The zero-order chi connectivity index (χ0) is 19.6. The van der Waals surface area contributed by atoms with E-state index in [9.17, 15) is 13.2 Å². The summed E-state index contributed by atoms with van der Waals surface area (Å²) in [5.74, 6) is -0.386. The molecule has 4 rings (SSSR count). The van der Waals surface area contributed by atoms with Gasteiger partial charge in [0.25, 0.3) is 5.91 Å². The number of rotatable bonds is 6. The first-order valence-corrected chi connectivity index (χ1v) is 10.3. The number of pyridine rings is 1. The van der Waals surface area contributed by atoms with Crippen LogP contribution in [0.5, 0.6) is 6.01 Å². The fourth-order valence-corrected chi connectivity index (χ4v) is 4.55. The minimum absolute atomic E-state index is 0.220. The van der Waals surface area contributed by atoms with Crippen molar-refractivity contribution >= 4 is 27.3 Å². The lowest BCUT2D eigenvalue weighted by Gasteiger charge is -2.15. The second kappa shape index (κ2) is 7.56. The molecule has 0 spiro atoms. The third kappa shape index (κ3) is 3.69. The van der Waals surface area contributed by atoms with Crippen molar-refractivity contribution in [3.05, 3.63) is 48.7 Å². The van der Waals surface area contributed by atoms with E-state index in [0.29, 0.717) is 24.4 Å². The molecular weight excluding hydrogens is 382 g/mol. The first kappa shape index (κ1) is 18.4. The molecular formula is C18H19N5O4S. The Morgan fingerprint density at radius 2 is 1.82 bits per heavy atom. The van der Waals surface area contributed by atoms with Gasteiger partial charge in [-0.15, -0.1) is 5.10 Å². The first-order chi connectivity index (χ1) is 13.5. The number of nitrogens with one attached hydrogen (secondary N) is 1. The normalized spacial score (nSPS) is 15.0. The molecule has 0 atom stereocenters. The van der Waals surface area contributed by atoms with Gasteiger partial charge in [0.2, 0.25) is 10.0 Å². The molecule has 0 radical (unpaired) electrons. The van der Waals surface area contributed by atoms with Gasteiger partial charge in [-0.1, -0.05) is 11.2 Å². The monoisotopic (exact) mass is 401 g/mol. The maximum atomic E-state index is 12.5. The molecule has 3 heterocycles. The standard InChI is InChI=1S/C18H19N5O4S/c24-17(13-27-18-21-20-16-5-1-2-12-23(16)18)19-14-6-8-15(9-7-14)28(25,26)22-10-3-4-11-22/h1-2,5-9,12H,3-4,10-11,13H2,(H,19,24). The van der Waals surface area contributed by atoms with Crippen LogP contribution in [0.3, 0.4) is 0 Å². The summed E-state index contributed by atoms with van der Waals surface area (Å²) in [4.78, 5) is 12.3. The average Bonchev–Trinajstić information content (AvgIpc) is 3.37. The van der Waals surface area contributed by atoms with Crippen molar-refractivity contribution in [2.75, 3.05) is 25.0 Å². The lowest BCUT2D eigenvalue weighted by Crippen LogP contribution is -2.27. The zero-order valence-corrected chi connectivity index (χ0v) is 15.8. The number of nitrogens with zero attached hydrogens (tertiary/aromatic N) is 4. The third-order valence-electron chi connectivity index (χ3n) is 4.46. The number of anilines is 1. The molecule has 1 N–H and O–H groups in total. The van der Waals surface area contributed by atoms with E-state index in [1.54, 1.807) is 34.9 Å². The molecule has 1 aliphatic rings. The highest BCUT2D eigenvalue weighted by Crippen LogP contribution is 2.22. The lowest BCUT2D eigenvalue weighted by molar-refractivity contribution is -0.118. The zero-order valence-electron chi connectivity index (χ0n) is 15.0. The molecule has 2 aromatic heterocycles. The molecule has 146 valence electrons. The Balaban J connectivity index is 1.37. The Morgan fingerprint density at radius 3 is 2.57 bits per heavy atom. The second-order valence-corrected chi connectivity index (χ2v) is 8.32. The van der Waals surface area contributed by atoms with Crippen molar-refractivity contribution in [1.82, 2.24) is 18.9 Å². The van der Waals surface area contributed by atoms with Crippen LogP contribution in [0.25, 0.3) is 5.65 Å². The van der Waals surface area contributed by atoms with Crippen molar-refractivity contribution in [1.29, 1.82) is 0 Å². The molecule has 1 saturated heterocycles. The summed E-state index contributed by atoms with van der Waals surface area (Å²) in [6, 6.07) is 11.7. The van der Waals surface area contributed by atoms with E-state index >= 15 is 0 Å². The van der Waals surface area contributed by atoms with Gasteiger partial charge in [-0.2, -0.15) is 4.31 Å². The van der Waals surface area contributed by atoms with Crippen molar-refractivity contribution in [2.24, 2.45) is 0 Å². The van der Waals surface area contributed by atoms with E-state index in [-0.39, 0.29) is 23.4 Å². The van der Waals surface area contributed by atoms with Gasteiger partial charge >= 0.3 is 6.01 Å². The maximum Gasteiger partial charge on any atom is 0.322 e. The molecule has 1 amide bonds. The highest BCUT2D eigenvalue weighted by atomic mass is 32.2. The topological polar surface area (TPSA) is 106 Å². The summed E-state index contributed by atoms with van der Waals surface area (Å²) < 4.78 is 33.6. The number of carbonyl (C=O) groups is 1. The van der Waals surface area contributed by atoms with Crippen LogP contribution < -0.4 is 10.1 Å². The predicted molar refractivity (Wildman–Crippen MR) is 102 cm³/mol. The van der Waals surface area contributed by atoms with Gasteiger partial charge in [-0.3, -0.25) is 9.20 Å². The SMILES string of the molecule is O=C(COc1nnc2ccccn12)Nc1ccc(S(=O)(=O)N2CCCC2)cc1. The fourth-order valence-electron chi connectivity index (χ4n) is 3.03. The van der Waals surface area contributed by atoms with Gasteiger partial charge in [0, 0.05) is 25.0 Å². The van der Waals surface area contributed by atoms with Crippen molar-refractivity contribution < 1.29 is 17.9 Å². The fraction of sp³-hybridized carbons (Fsp3) is 0.278. The Morgan fingerprint density at radius 1 is 1.07 bits per heavy atom. The Hall–Kier alpha value is -2.98. The number of hydrogen-bond acceptors (Lipinski definition) is 6. The summed E-state index contributed by atoms with van der Waals surface area (Å²) >= 11 is 0. The Labute approximate surface area is 162 Å². The van der Waals surface area contributed by atoms with Crippen LogP contribution in [0.4, 0.5) is 5.69 Å². The van der Waals surface area contributed by atoms with Crippen LogP contribution in [0.2, 0.25) is 0 Å². The van der Waals surface area contributed by atoms with E-state index in [1.165, 1.54) is 16.4 Å². The second-order valence-electron chi connectivity index (χ2n) is 6.38. The van der Waals surface area contributed by atoms with Crippen molar-refractivity contribution in [2.45, 2.75) is 17.7 Å². The first-order valence-electron chi connectivity index (χ1n) is 8.87. The molecule has 9 nitrogen and oxygen atoms in total. The average molecular weight is 401 g/mol. The van der Waals surface area contributed by atoms with Crippen LogP contribution >= 0.6 is 0 Å². The van der Waals surface area contributed by atoms with Crippen LogP contribution in [-0.2, 0) is 14.8 Å². The minimum atomic E-state index is -3.47. The summed E-state index contributed by atoms with van der Waals surface area (Å²) in [5, 5.41) is 10.5. The third-order valence-corrected chi connectivity index (χ3v) is 6.37. The molecule has 28 heavy (non-hydrogen) atoms. The molecule has 1 aromatic carbocycles. The molecule has 0 unspecified atom stereocenters. The predicted octanol–water partition coefficient (Wildman–Crippen LogP) is 1.53. The number of fused-ring (bicyclic) bond motifs is 1. The van der Waals surface area contributed by atoms with Gasteiger partial charge in [0.05, 0.1) is 4.90 Å². The molecule has 1 aliphatic heterocycles. The van der Waals surface area contributed by atoms with Crippen LogP contribution in [0.15, 0.2) is 53.6 Å². The van der Waals surface area contributed by atoms with Crippen molar-refractivity contribution in [3.8, 4) is 6.01 Å². The number of benzene rings is 1. The summed E-state index contributed by atoms with van der Waals surface area (Å²) in [6.45, 7) is 0.856. The van der Waals surface area contributed by atoms with Gasteiger partial charge in [-0.25, -0.2) is 8.42 Å². The highest BCUT2D eigenvalue weighted by Gasteiger charge is 2.26. The summed E-state index contributed by atoms with van der Waals surface area (Å²) in [5.41, 5.74) is 1.10. The Kier molecular flexibility index (Phi) is 4.97. The molecule has 10 heteroatoms. The molecule has 3 aromatic rings. The number of aromatic nitrogens is 3. The molecule has 0 aliphatic carbocycles. The van der Waals surface area contributed by atoms with Crippen molar-refractivity contribution in [3.63, 3.8) is 0 Å². The molecule has 0 bridgehead atoms. The lowest BCUT2D eigenvalue weighted by atomic mass is 10.3. The Bertz CT molecular complexity index is 1090. The smallest absolute Gasteiger partial charge is 0.322 e. The van der Waals surface area contributed by atoms with Crippen LogP contribution in [0, 0.1) is 0 Å². The van der Waals surface area contributed by atoms with Gasteiger partial charge in [0.15, 0.2) is 12.3 Å². The van der Waals surface area contributed by atoms with Crippen LogP contribution in [0.1, 0.15) is 12.8 Å². The minimum Gasteiger partial charge on any atom is -0.453 e. The van der Waals surface area contributed by atoms with Gasteiger partial charge < -0.3 is 10.1 Å². The number of hydrogen-bond donors (Lipinski definition) is 1. The summed E-state index contributed by atoms with van der Waals surface area (Å²) in [7, 11) is -3.47. The molecule has 1 fully saturated rings.